The predicted octanol–water partition coefficient (Wildman–Crippen LogP) is 1.30. The lowest BCUT2D eigenvalue weighted by Crippen LogP contribution is -2.45. The van der Waals surface area contributed by atoms with Gasteiger partial charge in [0, 0.05) is 37.4 Å². The van der Waals surface area contributed by atoms with Crippen LogP contribution in [-0.4, -0.2) is 47.6 Å². The molecule has 0 aromatic carbocycles. The van der Waals surface area contributed by atoms with Crippen LogP contribution in [0.2, 0.25) is 0 Å². The fourth-order valence-electron chi connectivity index (χ4n) is 2.89. The van der Waals surface area contributed by atoms with Crippen LogP contribution in [0, 0.1) is 5.41 Å². The highest BCUT2D eigenvalue weighted by molar-refractivity contribution is 5.83. The summed E-state index contributed by atoms with van der Waals surface area (Å²) in [4.78, 5) is 25.5. The normalized spacial score (nSPS) is 25.5. The van der Waals surface area contributed by atoms with Gasteiger partial charge in [-0.2, -0.15) is 0 Å². The van der Waals surface area contributed by atoms with Crippen molar-refractivity contribution in [1.29, 1.82) is 0 Å². The highest BCUT2D eigenvalue weighted by atomic mass is 16.3. The molecule has 0 heterocycles. The maximum atomic E-state index is 11.9. The molecule has 5 nitrogen and oxygen atoms in total. The largest absolute Gasteiger partial charge is 0.396 e. The van der Waals surface area contributed by atoms with Crippen LogP contribution in [-0.2, 0) is 9.59 Å². The molecule has 2 amide bonds. The number of aliphatic hydroxyl groups is 1. The summed E-state index contributed by atoms with van der Waals surface area (Å²) >= 11 is 0. The third-order valence-corrected chi connectivity index (χ3v) is 4.46. The molecule has 5 heteroatoms. The van der Waals surface area contributed by atoms with Crippen molar-refractivity contribution in [2.24, 2.45) is 5.41 Å². The average Bonchev–Trinajstić information content (AvgIpc) is 2.80. The molecule has 0 radical (unpaired) electrons. The molecule has 1 aliphatic carbocycles. The number of hydrogen-bond donors (Lipinski definition) is 2. The van der Waals surface area contributed by atoms with Crippen LogP contribution in [0.15, 0.2) is 0 Å². The van der Waals surface area contributed by atoms with Gasteiger partial charge in [-0.3, -0.25) is 9.59 Å². The number of aliphatic hydroxyl groups excluding tert-OH is 1. The molecule has 0 bridgehead atoms. The maximum Gasteiger partial charge on any atom is 0.223 e. The van der Waals surface area contributed by atoms with Gasteiger partial charge >= 0.3 is 0 Å². The van der Waals surface area contributed by atoms with E-state index in [2.05, 4.69) is 5.32 Å². The summed E-state index contributed by atoms with van der Waals surface area (Å²) in [7, 11) is 0. The van der Waals surface area contributed by atoms with E-state index in [0.29, 0.717) is 13.1 Å². The molecule has 20 heavy (non-hydrogen) atoms. The molecule has 0 aromatic rings. The quantitative estimate of drug-likeness (QED) is 0.740. The number of nitrogens with one attached hydrogen (secondary N) is 1. The van der Waals surface area contributed by atoms with Gasteiger partial charge in [0.05, 0.1) is 6.61 Å². The van der Waals surface area contributed by atoms with Crippen LogP contribution in [0.4, 0.5) is 0 Å². The summed E-state index contributed by atoms with van der Waals surface area (Å²) in [5.41, 5.74) is -0.210. The molecule has 2 N–H and O–H groups in total. The van der Waals surface area contributed by atoms with Crippen molar-refractivity contribution in [3.05, 3.63) is 0 Å². The van der Waals surface area contributed by atoms with Crippen molar-refractivity contribution in [3.63, 3.8) is 0 Å². The first-order valence-corrected chi connectivity index (χ1v) is 7.64. The molecule has 0 aromatic heterocycles. The maximum absolute atomic E-state index is 11.9. The standard InChI is InChI=1S/C15H28N2O3/c1-4-17(5-2)14(20)9-8-13(19)16-12-7-6-10-15(12,3)11-18/h12,18H,4-11H2,1-3H3,(H,16,19). The molecule has 1 saturated carbocycles. The van der Waals surface area contributed by atoms with Crippen molar-refractivity contribution in [2.45, 2.75) is 58.9 Å². The highest BCUT2D eigenvalue weighted by Crippen LogP contribution is 2.37. The molecule has 0 saturated heterocycles. The lowest BCUT2D eigenvalue weighted by molar-refractivity contribution is -0.133. The average molecular weight is 284 g/mol. The Labute approximate surface area is 121 Å². The van der Waals surface area contributed by atoms with Crippen molar-refractivity contribution < 1.29 is 14.7 Å². The van der Waals surface area contributed by atoms with Gasteiger partial charge in [0.25, 0.3) is 0 Å². The first kappa shape index (κ1) is 17.0. The van der Waals surface area contributed by atoms with E-state index < -0.39 is 0 Å². The number of hydrogen-bond acceptors (Lipinski definition) is 3. The van der Waals surface area contributed by atoms with E-state index in [1.165, 1.54) is 0 Å². The molecular formula is C15H28N2O3. The third kappa shape index (κ3) is 4.20. The van der Waals surface area contributed by atoms with Gasteiger partial charge in [0.1, 0.15) is 0 Å². The molecule has 1 aliphatic rings. The van der Waals surface area contributed by atoms with Crippen LogP contribution in [0.1, 0.15) is 52.9 Å². The predicted molar refractivity (Wildman–Crippen MR) is 78.1 cm³/mol. The van der Waals surface area contributed by atoms with Crippen LogP contribution >= 0.6 is 0 Å². The van der Waals surface area contributed by atoms with Crippen molar-refractivity contribution in [1.82, 2.24) is 10.2 Å². The summed E-state index contributed by atoms with van der Waals surface area (Å²) in [6.45, 7) is 7.34. The summed E-state index contributed by atoms with van der Waals surface area (Å²) in [6, 6.07) is 0.0311. The Balaban J connectivity index is 2.39. The molecule has 1 rings (SSSR count). The molecule has 116 valence electrons. The van der Waals surface area contributed by atoms with Crippen LogP contribution < -0.4 is 5.32 Å². The second kappa shape index (κ2) is 7.62. The Kier molecular flexibility index (Phi) is 6.46. The molecule has 2 atom stereocenters. The number of carbonyl (C=O) groups excluding carboxylic acids is 2. The second-order valence-corrected chi connectivity index (χ2v) is 5.89. The molecule has 1 fully saturated rings. The first-order valence-electron chi connectivity index (χ1n) is 7.64. The van der Waals surface area contributed by atoms with Gasteiger partial charge in [-0.15, -0.1) is 0 Å². The Morgan fingerprint density at radius 2 is 1.95 bits per heavy atom. The minimum Gasteiger partial charge on any atom is -0.396 e. The fourth-order valence-corrected chi connectivity index (χ4v) is 2.89. The van der Waals surface area contributed by atoms with Crippen molar-refractivity contribution in [3.8, 4) is 0 Å². The second-order valence-electron chi connectivity index (χ2n) is 5.89. The lowest BCUT2D eigenvalue weighted by atomic mass is 9.86. The minimum atomic E-state index is -0.210. The monoisotopic (exact) mass is 284 g/mol. The Bertz CT molecular complexity index is 342. The van der Waals surface area contributed by atoms with E-state index in [1.807, 2.05) is 20.8 Å². The SMILES string of the molecule is CCN(CC)C(=O)CCC(=O)NC1CCCC1(C)CO. The lowest BCUT2D eigenvalue weighted by Gasteiger charge is -2.30. The molecule has 2 unspecified atom stereocenters. The van der Waals surface area contributed by atoms with E-state index in [4.69, 9.17) is 0 Å². The van der Waals surface area contributed by atoms with Gasteiger partial charge in [-0.1, -0.05) is 13.3 Å². The van der Waals surface area contributed by atoms with Gasteiger partial charge in [-0.05, 0) is 26.7 Å². The summed E-state index contributed by atoms with van der Waals surface area (Å²) < 4.78 is 0. The zero-order valence-corrected chi connectivity index (χ0v) is 12.9. The van der Waals surface area contributed by atoms with E-state index in [9.17, 15) is 14.7 Å². The van der Waals surface area contributed by atoms with Crippen molar-refractivity contribution >= 4 is 11.8 Å². The summed E-state index contributed by atoms with van der Waals surface area (Å²) in [5.74, 6) is -0.0569. The fraction of sp³-hybridized carbons (Fsp3) is 0.867. The number of rotatable bonds is 7. The summed E-state index contributed by atoms with van der Waals surface area (Å²) in [6.07, 6.45) is 3.36. The van der Waals surface area contributed by atoms with Crippen LogP contribution in [0.25, 0.3) is 0 Å². The summed E-state index contributed by atoms with van der Waals surface area (Å²) in [5, 5.41) is 12.4. The smallest absolute Gasteiger partial charge is 0.223 e. The van der Waals surface area contributed by atoms with Crippen LogP contribution in [0.5, 0.6) is 0 Å². The Morgan fingerprint density at radius 3 is 2.50 bits per heavy atom. The van der Waals surface area contributed by atoms with Gasteiger partial charge in [0.15, 0.2) is 0 Å². The molecule has 0 spiro atoms. The van der Waals surface area contributed by atoms with Gasteiger partial charge < -0.3 is 15.3 Å². The zero-order valence-electron chi connectivity index (χ0n) is 12.9. The van der Waals surface area contributed by atoms with Gasteiger partial charge in [0.2, 0.25) is 11.8 Å². The number of carbonyl (C=O) groups is 2. The van der Waals surface area contributed by atoms with E-state index in [-0.39, 0.29) is 42.7 Å². The Hall–Kier alpha value is -1.10. The third-order valence-electron chi connectivity index (χ3n) is 4.46. The van der Waals surface area contributed by atoms with E-state index in [1.54, 1.807) is 4.90 Å². The molecular weight excluding hydrogens is 256 g/mol. The zero-order chi connectivity index (χ0) is 15.2. The highest BCUT2D eigenvalue weighted by Gasteiger charge is 2.38. The van der Waals surface area contributed by atoms with E-state index in [0.717, 1.165) is 19.3 Å². The first-order chi connectivity index (χ1) is 9.46. The van der Waals surface area contributed by atoms with Crippen LogP contribution in [0.3, 0.4) is 0 Å². The van der Waals surface area contributed by atoms with Crippen molar-refractivity contribution in [2.75, 3.05) is 19.7 Å². The number of nitrogens with zero attached hydrogens (tertiary/aromatic N) is 1. The minimum absolute atomic E-state index is 0.0292. The molecule has 0 aliphatic heterocycles. The van der Waals surface area contributed by atoms with E-state index >= 15 is 0 Å². The van der Waals surface area contributed by atoms with Gasteiger partial charge in [-0.25, -0.2) is 0 Å². The topological polar surface area (TPSA) is 69.6 Å². The number of amides is 2. The Morgan fingerprint density at radius 1 is 1.30 bits per heavy atom.